The molecule has 72 valence electrons. The molecule has 0 aromatic heterocycles. The molecular weight excluding hydrogens is 178 g/mol. The van der Waals surface area contributed by atoms with Crippen molar-refractivity contribution >= 4 is 9.05 Å². The van der Waals surface area contributed by atoms with Crippen LogP contribution in [0, 0.1) is 0 Å². The van der Waals surface area contributed by atoms with Crippen LogP contribution in [0.4, 0.5) is 0 Å². The highest BCUT2D eigenvalue weighted by molar-refractivity contribution is 6.53. The van der Waals surface area contributed by atoms with Gasteiger partial charge < -0.3 is 23.4 Å². The Hall–Kier alpha value is -0.403. The Morgan fingerprint density at radius 2 is 1.92 bits per heavy atom. The summed E-state index contributed by atoms with van der Waals surface area (Å²) >= 11 is 0. The molecule has 0 aliphatic heterocycles. The lowest BCUT2D eigenvalue weighted by molar-refractivity contribution is 0.0126. The van der Waals surface area contributed by atoms with Crippen LogP contribution >= 0.6 is 0 Å². The molecule has 0 aliphatic rings. The van der Waals surface area contributed by atoms with Gasteiger partial charge in [-0.3, -0.25) is 0 Å². The van der Waals surface area contributed by atoms with Gasteiger partial charge >= 0.3 is 9.05 Å². The van der Waals surface area contributed by atoms with Crippen LogP contribution in [0.25, 0.3) is 0 Å². The predicted octanol–water partition coefficient (Wildman–Crippen LogP) is 0.198. The number of hydrogen-bond acceptors (Lipinski definition) is 5. The Balaban J connectivity index is 4.23. The zero-order valence-corrected chi connectivity index (χ0v) is 8.62. The van der Waals surface area contributed by atoms with Crippen LogP contribution in [0.15, 0.2) is 12.3 Å². The minimum atomic E-state index is -3.03. The summed E-state index contributed by atoms with van der Waals surface area (Å²) in [6, 6.07) is 0. The molecule has 0 fully saturated rings. The zero-order valence-electron chi connectivity index (χ0n) is 7.62. The molecule has 0 rings (SSSR count). The van der Waals surface area contributed by atoms with Gasteiger partial charge in [0.05, 0.1) is 12.5 Å². The van der Waals surface area contributed by atoms with Crippen LogP contribution in [0.1, 0.15) is 6.92 Å². The van der Waals surface area contributed by atoms with E-state index in [1.54, 1.807) is 6.92 Å². The van der Waals surface area contributed by atoms with Crippen LogP contribution in [-0.2, 0) is 17.7 Å². The predicted molar refractivity (Wildman–Crippen MR) is 45.8 cm³/mol. The molecule has 0 aliphatic carbocycles. The molecule has 0 unspecified atom stereocenters. The van der Waals surface area contributed by atoms with E-state index in [1.807, 2.05) is 0 Å². The normalized spacial score (nSPS) is 11.3. The van der Waals surface area contributed by atoms with E-state index in [0.29, 0.717) is 5.76 Å². The van der Waals surface area contributed by atoms with Gasteiger partial charge in [0.1, 0.15) is 0 Å². The van der Waals surface area contributed by atoms with Gasteiger partial charge in [0.2, 0.25) is 0 Å². The maximum atomic E-state index is 5.18. The van der Waals surface area contributed by atoms with Gasteiger partial charge in [-0.15, -0.1) is 0 Å². The minimum absolute atomic E-state index is 0.0127. The van der Waals surface area contributed by atoms with Crippen LogP contribution in [0.2, 0.25) is 0 Å². The fourth-order valence-electron chi connectivity index (χ4n) is 0.629. The Morgan fingerprint density at radius 1 is 1.42 bits per heavy atom. The van der Waals surface area contributed by atoms with Crippen molar-refractivity contribution in [3.63, 3.8) is 0 Å². The summed E-state index contributed by atoms with van der Waals surface area (Å²) in [5, 5.41) is 0. The molecule has 0 spiro atoms. The molecule has 0 aromatic carbocycles. The van der Waals surface area contributed by atoms with E-state index in [9.17, 15) is 0 Å². The quantitative estimate of drug-likeness (QED) is 0.371. The van der Waals surface area contributed by atoms with Crippen LogP contribution in [0.3, 0.4) is 0 Å². The number of allylic oxidation sites excluding steroid dienone is 1. The summed E-state index contributed by atoms with van der Waals surface area (Å²) in [6.45, 7) is 5.22. The van der Waals surface area contributed by atoms with Crippen molar-refractivity contribution in [3.8, 4) is 0 Å². The second-order valence-electron chi connectivity index (χ2n) is 2.02. The van der Waals surface area contributed by atoms with Gasteiger partial charge in [-0.2, -0.15) is 0 Å². The van der Waals surface area contributed by atoms with Crippen molar-refractivity contribution in [1.29, 1.82) is 0 Å². The van der Waals surface area contributed by atoms with Crippen molar-refractivity contribution < 1.29 is 17.7 Å². The third-order valence-corrected chi connectivity index (χ3v) is 3.18. The lowest BCUT2D eigenvalue weighted by atomic mass is 10.7. The lowest BCUT2D eigenvalue weighted by Gasteiger charge is -2.24. The van der Waals surface area contributed by atoms with E-state index < -0.39 is 9.05 Å². The SMILES string of the molecule is C=C(C)O[Si](OC)(OC)OCN. The molecular formula is C6H15NO4Si. The number of rotatable bonds is 6. The standard InChI is InChI=1S/C6H15NO4Si/c1-6(2)11-12(8-3,9-4)10-5-7/h1,5,7H2,2-4H3. The van der Waals surface area contributed by atoms with E-state index >= 15 is 0 Å². The van der Waals surface area contributed by atoms with Gasteiger partial charge in [-0.25, -0.2) is 0 Å². The Kier molecular flexibility index (Phi) is 5.10. The largest absolute Gasteiger partial charge is 0.749 e. The maximum absolute atomic E-state index is 5.18. The lowest BCUT2D eigenvalue weighted by Crippen LogP contribution is -2.48. The van der Waals surface area contributed by atoms with Crippen LogP contribution < -0.4 is 5.73 Å². The minimum Gasteiger partial charge on any atom is -0.485 e. The first kappa shape index (κ1) is 11.6. The molecule has 0 amide bonds. The molecule has 0 heterocycles. The highest BCUT2D eigenvalue weighted by Gasteiger charge is 2.45. The third kappa shape index (κ3) is 3.33. The van der Waals surface area contributed by atoms with E-state index in [-0.39, 0.29) is 6.73 Å². The smallest absolute Gasteiger partial charge is 0.485 e. The molecule has 0 saturated carbocycles. The molecule has 5 nitrogen and oxygen atoms in total. The summed E-state index contributed by atoms with van der Waals surface area (Å²) in [7, 11) is -0.153. The van der Waals surface area contributed by atoms with Gasteiger partial charge in [0.15, 0.2) is 0 Å². The first-order valence-corrected chi connectivity index (χ1v) is 5.02. The first-order valence-electron chi connectivity index (χ1n) is 3.39. The molecule has 12 heavy (non-hydrogen) atoms. The first-order chi connectivity index (χ1) is 5.60. The van der Waals surface area contributed by atoms with Gasteiger partial charge in [-0.1, -0.05) is 6.58 Å². The Bertz CT molecular complexity index is 148. The number of hydrogen-bond donors (Lipinski definition) is 1. The average molecular weight is 193 g/mol. The van der Waals surface area contributed by atoms with Crippen LogP contribution in [0.5, 0.6) is 0 Å². The highest BCUT2D eigenvalue weighted by Crippen LogP contribution is 2.12. The highest BCUT2D eigenvalue weighted by atomic mass is 28.4. The Morgan fingerprint density at radius 3 is 2.17 bits per heavy atom. The second kappa shape index (κ2) is 5.28. The average Bonchev–Trinajstić information content (AvgIpc) is 2.03. The molecule has 2 N–H and O–H groups in total. The third-order valence-electron chi connectivity index (χ3n) is 1.06. The molecule has 6 heteroatoms. The van der Waals surface area contributed by atoms with Crippen molar-refractivity contribution in [3.05, 3.63) is 12.3 Å². The number of nitrogens with two attached hydrogens (primary N) is 1. The monoisotopic (exact) mass is 193 g/mol. The maximum Gasteiger partial charge on any atom is 0.749 e. The van der Waals surface area contributed by atoms with Crippen LogP contribution in [-0.4, -0.2) is 30.0 Å². The topological polar surface area (TPSA) is 62.9 Å². The molecule has 0 aromatic rings. The van der Waals surface area contributed by atoms with E-state index in [2.05, 4.69) is 6.58 Å². The van der Waals surface area contributed by atoms with Crippen molar-refractivity contribution in [2.75, 3.05) is 21.0 Å². The fraction of sp³-hybridized carbons (Fsp3) is 0.667. The van der Waals surface area contributed by atoms with Gasteiger partial charge in [0.25, 0.3) is 0 Å². The molecule has 0 radical (unpaired) electrons. The van der Waals surface area contributed by atoms with Gasteiger partial charge in [-0.05, 0) is 6.92 Å². The molecule has 0 bridgehead atoms. The molecule has 0 atom stereocenters. The van der Waals surface area contributed by atoms with Crippen molar-refractivity contribution in [2.24, 2.45) is 5.73 Å². The van der Waals surface area contributed by atoms with Gasteiger partial charge in [0, 0.05) is 14.2 Å². The summed E-state index contributed by atoms with van der Waals surface area (Å²) in [6.07, 6.45) is 0. The van der Waals surface area contributed by atoms with E-state index in [1.165, 1.54) is 14.2 Å². The summed E-state index contributed by atoms with van der Waals surface area (Å²) in [5.74, 6) is 0.471. The second-order valence-corrected chi connectivity index (χ2v) is 4.33. The fourth-order valence-corrected chi connectivity index (χ4v) is 1.89. The zero-order chi connectivity index (χ0) is 9.61. The van der Waals surface area contributed by atoms with E-state index in [4.69, 9.17) is 23.4 Å². The van der Waals surface area contributed by atoms with Crippen molar-refractivity contribution in [1.82, 2.24) is 0 Å². The summed E-state index contributed by atoms with van der Waals surface area (Å²) in [4.78, 5) is 0. The summed E-state index contributed by atoms with van der Waals surface area (Å²) < 4.78 is 20.1. The van der Waals surface area contributed by atoms with Crippen molar-refractivity contribution in [2.45, 2.75) is 6.92 Å². The summed E-state index contributed by atoms with van der Waals surface area (Å²) in [5.41, 5.74) is 5.18. The van der Waals surface area contributed by atoms with E-state index in [0.717, 1.165) is 0 Å². The Labute approximate surface area is 73.5 Å². The molecule has 0 saturated heterocycles.